The van der Waals surface area contributed by atoms with Crippen molar-refractivity contribution in [2.75, 3.05) is 17.6 Å². The molecule has 4 N–H and O–H groups in total. The van der Waals surface area contributed by atoms with E-state index in [1.54, 1.807) is 0 Å². The van der Waals surface area contributed by atoms with Crippen molar-refractivity contribution in [3.63, 3.8) is 0 Å². The third-order valence-electron chi connectivity index (χ3n) is 5.90. The van der Waals surface area contributed by atoms with Gasteiger partial charge in [-0.3, -0.25) is 4.79 Å². The van der Waals surface area contributed by atoms with Gasteiger partial charge in [-0.2, -0.15) is 4.37 Å². The van der Waals surface area contributed by atoms with Crippen molar-refractivity contribution < 1.29 is 28.2 Å². The molecule has 1 aliphatic rings. The van der Waals surface area contributed by atoms with Crippen LogP contribution >= 0.6 is 22.9 Å². The largest absolute Gasteiger partial charge is 0.478 e. The first-order valence-corrected chi connectivity index (χ1v) is 12.7. The number of halogens is 2. The SMILES string of the molecule is CC(C)(C)C1CC(Oc2sncc2NC(=O)c2nc(-c3c(F)cccc3F)sc2N)CCN1C(=O)O. The molecule has 2 aromatic heterocycles. The van der Waals surface area contributed by atoms with Crippen molar-refractivity contribution in [3.05, 3.63) is 41.7 Å². The Kier molecular flexibility index (Phi) is 7.14. The fourth-order valence-corrected chi connectivity index (χ4v) is 5.64. The van der Waals surface area contributed by atoms with Crippen LogP contribution in [0, 0.1) is 17.0 Å². The summed E-state index contributed by atoms with van der Waals surface area (Å²) in [6.07, 6.45) is 1.15. The predicted octanol–water partition coefficient (Wildman–Crippen LogP) is 5.32. The molecule has 0 bridgehead atoms. The summed E-state index contributed by atoms with van der Waals surface area (Å²) in [4.78, 5) is 30.1. The van der Waals surface area contributed by atoms with E-state index in [1.165, 1.54) is 17.2 Å². The number of carboxylic acid groups (broad SMARTS) is 1. The first kappa shape index (κ1) is 25.8. The predicted molar refractivity (Wildman–Crippen MR) is 134 cm³/mol. The summed E-state index contributed by atoms with van der Waals surface area (Å²) in [7, 11) is 0. The highest BCUT2D eigenvalue weighted by atomic mass is 32.1. The number of hydrogen-bond acceptors (Lipinski definition) is 8. The van der Waals surface area contributed by atoms with Crippen LogP contribution in [0.2, 0.25) is 0 Å². The minimum absolute atomic E-state index is 0.00451. The number of aromatic nitrogens is 2. The molecule has 4 rings (SSSR count). The molecule has 3 aromatic rings. The van der Waals surface area contributed by atoms with Crippen LogP contribution in [0.5, 0.6) is 5.06 Å². The number of carbonyl (C=O) groups is 2. The molecule has 2 amide bonds. The summed E-state index contributed by atoms with van der Waals surface area (Å²) >= 11 is 1.84. The monoisotopic (exact) mass is 537 g/mol. The molecule has 9 nitrogen and oxygen atoms in total. The molecule has 1 aromatic carbocycles. The van der Waals surface area contributed by atoms with Gasteiger partial charge in [0.05, 0.1) is 11.8 Å². The molecule has 192 valence electrons. The summed E-state index contributed by atoms with van der Waals surface area (Å²) in [6, 6.07) is 3.19. The zero-order valence-electron chi connectivity index (χ0n) is 19.7. The molecule has 13 heteroatoms. The van der Waals surface area contributed by atoms with Crippen LogP contribution in [-0.2, 0) is 0 Å². The summed E-state index contributed by atoms with van der Waals surface area (Å²) in [6.45, 7) is 6.27. The highest BCUT2D eigenvalue weighted by molar-refractivity contribution is 7.19. The maximum atomic E-state index is 14.2. The number of hydrogen-bond donors (Lipinski definition) is 3. The van der Waals surface area contributed by atoms with Gasteiger partial charge in [0.2, 0.25) is 5.06 Å². The number of rotatable bonds is 5. The smallest absolute Gasteiger partial charge is 0.407 e. The molecule has 0 saturated carbocycles. The minimum atomic E-state index is -0.963. The summed E-state index contributed by atoms with van der Waals surface area (Å²) in [5, 5.41) is 12.5. The van der Waals surface area contributed by atoms with Crippen molar-refractivity contribution >= 4 is 45.6 Å². The lowest BCUT2D eigenvalue weighted by Crippen LogP contribution is -2.53. The minimum Gasteiger partial charge on any atom is -0.478 e. The van der Waals surface area contributed by atoms with Crippen molar-refractivity contribution in [2.45, 2.75) is 45.8 Å². The number of carbonyl (C=O) groups excluding carboxylic acids is 1. The van der Waals surface area contributed by atoms with Crippen LogP contribution in [-0.4, -0.2) is 50.1 Å². The number of ether oxygens (including phenoxy) is 1. The van der Waals surface area contributed by atoms with Crippen LogP contribution in [0.25, 0.3) is 10.6 Å². The van der Waals surface area contributed by atoms with Gasteiger partial charge in [0.15, 0.2) is 5.69 Å². The third-order valence-corrected chi connectivity index (χ3v) is 7.50. The van der Waals surface area contributed by atoms with E-state index in [1.807, 2.05) is 20.8 Å². The van der Waals surface area contributed by atoms with Gasteiger partial charge in [-0.05, 0) is 17.5 Å². The second-order valence-corrected chi connectivity index (χ2v) is 11.2. The summed E-state index contributed by atoms with van der Waals surface area (Å²) in [5.41, 5.74) is 5.43. The molecule has 0 radical (unpaired) electrons. The maximum absolute atomic E-state index is 14.2. The molecule has 0 aliphatic carbocycles. The van der Waals surface area contributed by atoms with Crippen LogP contribution < -0.4 is 15.8 Å². The van der Waals surface area contributed by atoms with Gasteiger partial charge in [0, 0.05) is 37.0 Å². The lowest BCUT2D eigenvalue weighted by Gasteiger charge is -2.44. The normalized spacial score (nSPS) is 18.2. The lowest BCUT2D eigenvalue weighted by molar-refractivity contribution is 0.0143. The number of nitrogens with zero attached hydrogens (tertiary/aromatic N) is 3. The Morgan fingerprint density at radius 2 is 1.97 bits per heavy atom. The molecule has 1 fully saturated rings. The Labute approximate surface area is 214 Å². The Bertz CT molecular complexity index is 1270. The Hall–Kier alpha value is -3.32. The van der Waals surface area contributed by atoms with E-state index >= 15 is 0 Å². The molecule has 2 unspecified atom stereocenters. The number of anilines is 2. The molecule has 2 atom stereocenters. The molecule has 3 heterocycles. The average Bonchev–Trinajstić information content (AvgIpc) is 3.39. The Morgan fingerprint density at radius 1 is 1.28 bits per heavy atom. The first-order valence-electron chi connectivity index (χ1n) is 11.1. The highest BCUT2D eigenvalue weighted by Gasteiger charge is 2.39. The van der Waals surface area contributed by atoms with Crippen LogP contribution in [0.4, 0.5) is 24.3 Å². The van der Waals surface area contributed by atoms with Gasteiger partial charge in [-0.25, -0.2) is 18.6 Å². The standard InChI is InChI=1S/C23H25F2N5O4S2/c1-23(2,3)15-9-11(7-8-30(15)22(32)33)34-21-14(10-27-36-21)28-19(31)17-18(26)35-20(29-17)16-12(24)5-4-6-13(16)25/h4-6,10-11,15H,7-9,26H2,1-3H3,(H,28,31)(H,32,33). The fraction of sp³-hybridized carbons (Fsp3) is 0.391. The molecular formula is C23H25F2N5O4S2. The van der Waals surface area contributed by atoms with Gasteiger partial charge < -0.3 is 25.8 Å². The zero-order valence-corrected chi connectivity index (χ0v) is 21.4. The lowest BCUT2D eigenvalue weighted by atomic mass is 9.80. The average molecular weight is 538 g/mol. The molecule has 1 aliphatic heterocycles. The van der Waals surface area contributed by atoms with Gasteiger partial charge in [0.1, 0.15) is 33.4 Å². The number of nitrogens with two attached hydrogens (primary N) is 1. The number of amides is 2. The van der Waals surface area contributed by atoms with E-state index in [0.717, 1.165) is 35.0 Å². The Morgan fingerprint density at radius 3 is 2.61 bits per heavy atom. The highest BCUT2D eigenvalue weighted by Crippen LogP contribution is 2.38. The Balaban J connectivity index is 1.49. The van der Waals surface area contributed by atoms with Gasteiger partial charge in [-0.15, -0.1) is 0 Å². The second kappa shape index (κ2) is 9.97. The third kappa shape index (κ3) is 5.26. The number of nitrogen functional groups attached to an aromatic ring is 1. The van der Waals surface area contributed by atoms with E-state index in [9.17, 15) is 23.5 Å². The van der Waals surface area contributed by atoms with E-state index in [4.69, 9.17) is 10.5 Å². The van der Waals surface area contributed by atoms with E-state index in [-0.39, 0.29) is 38.8 Å². The molecule has 1 saturated heterocycles. The van der Waals surface area contributed by atoms with E-state index in [2.05, 4.69) is 14.7 Å². The number of thiazole rings is 1. The van der Waals surface area contributed by atoms with Crippen molar-refractivity contribution in [2.24, 2.45) is 5.41 Å². The van der Waals surface area contributed by atoms with Gasteiger partial charge in [0.25, 0.3) is 5.91 Å². The topological polar surface area (TPSA) is 131 Å². The fourth-order valence-electron chi connectivity index (χ4n) is 4.12. The van der Waals surface area contributed by atoms with Crippen molar-refractivity contribution in [3.8, 4) is 15.6 Å². The first-order chi connectivity index (χ1) is 17.0. The molecule has 36 heavy (non-hydrogen) atoms. The second-order valence-electron chi connectivity index (χ2n) is 9.43. The summed E-state index contributed by atoms with van der Waals surface area (Å²) in [5.74, 6) is -2.29. The number of piperidine rings is 1. The molecule has 0 spiro atoms. The van der Waals surface area contributed by atoms with Crippen molar-refractivity contribution in [1.82, 2.24) is 14.3 Å². The molecular weight excluding hydrogens is 512 g/mol. The van der Waals surface area contributed by atoms with Gasteiger partial charge >= 0.3 is 6.09 Å². The number of benzene rings is 1. The quantitative estimate of drug-likeness (QED) is 0.402. The van der Waals surface area contributed by atoms with Crippen molar-refractivity contribution in [1.29, 1.82) is 0 Å². The number of nitrogens with one attached hydrogen (secondary N) is 1. The zero-order chi connectivity index (χ0) is 26.2. The van der Waals surface area contributed by atoms with Crippen LogP contribution in [0.15, 0.2) is 24.4 Å². The van der Waals surface area contributed by atoms with Crippen LogP contribution in [0.1, 0.15) is 44.1 Å². The number of likely N-dealkylation sites (tertiary alicyclic amines) is 1. The van der Waals surface area contributed by atoms with Gasteiger partial charge in [-0.1, -0.05) is 38.2 Å². The summed E-state index contributed by atoms with van der Waals surface area (Å²) < 4.78 is 38.5. The van der Waals surface area contributed by atoms with E-state index in [0.29, 0.717) is 30.1 Å². The van der Waals surface area contributed by atoms with Crippen LogP contribution in [0.3, 0.4) is 0 Å². The maximum Gasteiger partial charge on any atom is 0.407 e. The van der Waals surface area contributed by atoms with E-state index < -0.39 is 23.6 Å².